The second-order valence-corrected chi connectivity index (χ2v) is 9.33. The molecule has 0 saturated carbocycles. The van der Waals surface area contributed by atoms with Gasteiger partial charge in [-0.2, -0.15) is 0 Å². The zero-order valence-electron chi connectivity index (χ0n) is 17.7. The smallest absolute Gasteiger partial charge is 0.0366 e. The molecule has 1 aromatic carbocycles. The van der Waals surface area contributed by atoms with Gasteiger partial charge in [-0.15, -0.1) is 0 Å². The van der Waals surface area contributed by atoms with E-state index >= 15 is 0 Å². The monoisotopic (exact) mass is 370 g/mol. The molecule has 0 N–H and O–H groups in total. The normalized spacial score (nSPS) is 26.4. The van der Waals surface area contributed by atoms with Crippen LogP contribution in [0.1, 0.15) is 37.7 Å². The van der Waals surface area contributed by atoms with Gasteiger partial charge in [-0.25, -0.2) is 0 Å². The summed E-state index contributed by atoms with van der Waals surface area (Å²) in [6, 6.07) is 9.86. The summed E-state index contributed by atoms with van der Waals surface area (Å²) in [6.07, 6.45) is 6.62. The van der Waals surface area contributed by atoms with Gasteiger partial charge < -0.3 is 9.80 Å². The molecule has 0 radical (unpaired) electrons. The maximum absolute atomic E-state index is 2.88. The van der Waals surface area contributed by atoms with Crippen LogP contribution in [0.15, 0.2) is 24.3 Å². The van der Waals surface area contributed by atoms with E-state index in [0.29, 0.717) is 5.54 Å². The van der Waals surface area contributed by atoms with Gasteiger partial charge in [0.2, 0.25) is 0 Å². The molecule has 4 heteroatoms. The lowest BCUT2D eigenvalue weighted by atomic mass is 9.85. The highest BCUT2D eigenvalue weighted by atomic mass is 15.3. The zero-order valence-corrected chi connectivity index (χ0v) is 17.7. The van der Waals surface area contributed by atoms with Crippen molar-refractivity contribution >= 4 is 5.69 Å². The fourth-order valence-electron chi connectivity index (χ4n) is 5.46. The highest BCUT2D eigenvalue weighted by Gasteiger charge is 2.41. The molecule has 150 valence electrons. The van der Waals surface area contributed by atoms with Gasteiger partial charge in [0, 0.05) is 36.9 Å². The number of nitrogens with zero attached hydrogens (tertiary/aromatic N) is 4. The minimum absolute atomic E-state index is 0.414. The van der Waals surface area contributed by atoms with Crippen LogP contribution in [0, 0.1) is 6.92 Å². The Morgan fingerprint density at radius 2 is 1.52 bits per heavy atom. The van der Waals surface area contributed by atoms with Crippen LogP contribution in [0.4, 0.5) is 5.69 Å². The number of likely N-dealkylation sites (tertiary alicyclic amines) is 1. The average Bonchev–Trinajstić information content (AvgIpc) is 2.85. The van der Waals surface area contributed by atoms with Crippen molar-refractivity contribution in [3.63, 3.8) is 0 Å². The average molecular weight is 371 g/mol. The van der Waals surface area contributed by atoms with Crippen LogP contribution in [-0.2, 0) is 0 Å². The van der Waals surface area contributed by atoms with E-state index in [4.69, 9.17) is 0 Å². The van der Waals surface area contributed by atoms with Crippen molar-refractivity contribution in [2.45, 2.75) is 50.6 Å². The highest BCUT2D eigenvalue weighted by Crippen LogP contribution is 2.33. The van der Waals surface area contributed by atoms with E-state index in [0.717, 1.165) is 6.04 Å². The first-order valence-corrected chi connectivity index (χ1v) is 11.0. The predicted molar refractivity (Wildman–Crippen MR) is 115 cm³/mol. The van der Waals surface area contributed by atoms with Gasteiger partial charge in [0.25, 0.3) is 0 Å². The predicted octanol–water partition coefficient (Wildman–Crippen LogP) is 3.07. The van der Waals surface area contributed by atoms with Gasteiger partial charge in [0.15, 0.2) is 0 Å². The van der Waals surface area contributed by atoms with Crippen LogP contribution < -0.4 is 4.90 Å². The molecule has 0 unspecified atom stereocenters. The number of hydrogen-bond acceptors (Lipinski definition) is 4. The Bertz CT molecular complexity index is 597. The third-order valence-corrected chi connectivity index (χ3v) is 7.54. The third kappa shape index (κ3) is 4.18. The van der Waals surface area contributed by atoms with E-state index in [2.05, 4.69) is 64.9 Å². The molecular weight excluding hydrogens is 332 g/mol. The van der Waals surface area contributed by atoms with Gasteiger partial charge in [0.1, 0.15) is 0 Å². The van der Waals surface area contributed by atoms with Gasteiger partial charge in [-0.3, -0.25) is 9.80 Å². The van der Waals surface area contributed by atoms with Crippen molar-refractivity contribution in [2.75, 3.05) is 64.8 Å². The SMILES string of the molecule is Cc1ccc(N2CCC(N3CCCN(C)C4(CCN(C)CC4)C3)CC2)cc1. The summed E-state index contributed by atoms with van der Waals surface area (Å²) >= 11 is 0. The molecule has 1 aromatic rings. The van der Waals surface area contributed by atoms with Crippen LogP contribution >= 0.6 is 0 Å². The number of aryl methyl sites for hydroxylation is 1. The summed E-state index contributed by atoms with van der Waals surface area (Å²) in [5.74, 6) is 0. The van der Waals surface area contributed by atoms with Gasteiger partial charge in [-0.1, -0.05) is 17.7 Å². The summed E-state index contributed by atoms with van der Waals surface area (Å²) in [4.78, 5) is 10.7. The molecule has 0 aromatic heterocycles. The van der Waals surface area contributed by atoms with Crippen molar-refractivity contribution in [3.05, 3.63) is 29.8 Å². The molecule has 0 bridgehead atoms. The maximum atomic E-state index is 2.88. The van der Waals surface area contributed by atoms with Crippen molar-refractivity contribution in [1.82, 2.24) is 14.7 Å². The summed E-state index contributed by atoms with van der Waals surface area (Å²) < 4.78 is 0. The molecule has 27 heavy (non-hydrogen) atoms. The molecule has 1 spiro atoms. The van der Waals surface area contributed by atoms with Crippen molar-refractivity contribution in [3.8, 4) is 0 Å². The topological polar surface area (TPSA) is 13.0 Å². The van der Waals surface area contributed by atoms with Crippen molar-refractivity contribution in [2.24, 2.45) is 0 Å². The van der Waals surface area contributed by atoms with Crippen molar-refractivity contribution < 1.29 is 0 Å². The molecule has 3 aliphatic rings. The lowest BCUT2D eigenvalue weighted by molar-refractivity contribution is 0.0229. The van der Waals surface area contributed by atoms with E-state index in [1.807, 2.05) is 0 Å². The number of likely N-dealkylation sites (N-methyl/N-ethyl adjacent to an activating group) is 1. The Balaban J connectivity index is 1.39. The minimum atomic E-state index is 0.414. The molecule has 0 aliphatic carbocycles. The Labute approximate surface area is 166 Å². The van der Waals surface area contributed by atoms with Gasteiger partial charge in [0.05, 0.1) is 0 Å². The van der Waals surface area contributed by atoms with E-state index in [-0.39, 0.29) is 0 Å². The van der Waals surface area contributed by atoms with Gasteiger partial charge in [-0.05, 0) is 91.4 Å². The molecule has 4 rings (SSSR count). The first-order valence-electron chi connectivity index (χ1n) is 11.0. The standard InChI is InChI=1S/C23H38N4/c1-20-5-7-21(8-6-20)26-15-9-22(10-16-26)27-14-4-13-25(3)23(19-27)11-17-24(2)18-12-23/h5-8,22H,4,9-19H2,1-3H3. The third-order valence-electron chi connectivity index (χ3n) is 7.54. The minimum Gasteiger partial charge on any atom is -0.371 e. The first kappa shape index (κ1) is 19.2. The van der Waals surface area contributed by atoms with E-state index in [1.165, 1.54) is 89.2 Å². The summed E-state index contributed by atoms with van der Waals surface area (Å²) in [5, 5.41) is 0. The van der Waals surface area contributed by atoms with Crippen LogP contribution in [-0.4, -0.2) is 86.2 Å². The Kier molecular flexibility index (Phi) is 5.77. The molecule has 3 aliphatic heterocycles. The lowest BCUT2D eigenvalue weighted by Gasteiger charge is -2.49. The van der Waals surface area contributed by atoms with E-state index in [9.17, 15) is 0 Å². The summed E-state index contributed by atoms with van der Waals surface area (Å²) in [7, 11) is 4.66. The largest absolute Gasteiger partial charge is 0.371 e. The molecular formula is C23H38N4. The molecule has 3 fully saturated rings. The zero-order chi connectivity index (χ0) is 18.9. The number of anilines is 1. The summed E-state index contributed by atoms with van der Waals surface area (Å²) in [5.41, 5.74) is 3.17. The number of hydrogen-bond donors (Lipinski definition) is 0. The fourth-order valence-corrected chi connectivity index (χ4v) is 5.46. The Morgan fingerprint density at radius 1 is 0.852 bits per heavy atom. The number of piperidine rings is 2. The number of rotatable bonds is 2. The second-order valence-electron chi connectivity index (χ2n) is 9.33. The quantitative estimate of drug-likeness (QED) is 0.793. The second kappa shape index (κ2) is 8.10. The van der Waals surface area contributed by atoms with Gasteiger partial charge >= 0.3 is 0 Å². The van der Waals surface area contributed by atoms with Crippen LogP contribution in [0.25, 0.3) is 0 Å². The molecule has 4 nitrogen and oxygen atoms in total. The molecule has 3 heterocycles. The molecule has 3 saturated heterocycles. The van der Waals surface area contributed by atoms with Crippen LogP contribution in [0.2, 0.25) is 0 Å². The first-order chi connectivity index (χ1) is 13.1. The van der Waals surface area contributed by atoms with Crippen LogP contribution in [0.3, 0.4) is 0 Å². The number of benzene rings is 1. The summed E-state index contributed by atoms with van der Waals surface area (Å²) in [6.45, 7) is 10.9. The lowest BCUT2D eigenvalue weighted by Crippen LogP contribution is -2.59. The highest BCUT2D eigenvalue weighted by molar-refractivity contribution is 5.47. The molecule has 0 atom stereocenters. The molecule has 0 amide bonds. The fraction of sp³-hybridized carbons (Fsp3) is 0.739. The van der Waals surface area contributed by atoms with E-state index < -0.39 is 0 Å². The Morgan fingerprint density at radius 3 is 2.19 bits per heavy atom. The van der Waals surface area contributed by atoms with Crippen molar-refractivity contribution in [1.29, 1.82) is 0 Å². The van der Waals surface area contributed by atoms with E-state index in [1.54, 1.807) is 0 Å². The maximum Gasteiger partial charge on any atom is 0.0366 e. The Hall–Kier alpha value is -1.10. The van der Waals surface area contributed by atoms with Crippen LogP contribution in [0.5, 0.6) is 0 Å².